The van der Waals surface area contributed by atoms with Gasteiger partial charge in [0.25, 0.3) is 0 Å². The van der Waals surface area contributed by atoms with Gasteiger partial charge in [-0.15, -0.1) is 0 Å². The summed E-state index contributed by atoms with van der Waals surface area (Å²) in [5.74, 6) is 0.828. The van der Waals surface area contributed by atoms with Crippen LogP contribution in [-0.4, -0.2) is 60.4 Å². The van der Waals surface area contributed by atoms with Gasteiger partial charge in [0.1, 0.15) is 6.33 Å². The molecule has 2 aliphatic rings. The largest absolute Gasteiger partial charge is 0.383 e. The minimum atomic E-state index is -0.0915. The Hall–Kier alpha value is -1.02. The summed E-state index contributed by atoms with van der Waals surface area (Å²) in [5, 5.41) is 7.85. The predicted molar refractivity (Wildman–Crippen MR) is 76.0 cm³/mol. The molecule has 1 N–H and O–H groups in total. The highest BCUT2D eigenvalue weighted by Gasteiger charge is 2.41. The second-order valence-corrected chi connectivity index (χ2v) is 5.79. The van der Waals surface area contributed by atoms with Crippen LogP contribution in [0, 0.1) is 0 Å². The number of ether oxygens (including phenoxy) is 3. The molecular formula is C14H24N4O3. The van der Waals surface area contributed by atoms with Crippen LogP contribution in [0.2, 0.25) is 0 Å². The molecule has 0 radical (unpaired) electrons. The van der Waals surface area contributed by atoms with Crippen LogP contribution < -0.4 is 5.32 Å². The van der Waals surface area contributed by atoms with E-state index in [-0.39, 0.29) is 5.60 Å². The summed E-state index contributed by atoms with van der Waals surface area (Å²) in [4.78, 5) is 4.38. The lowest BCUT2D eigenvalue weighted by atomic mass is 9.90. The lowest BCUT2D eigenvalue weighted by molar-refractivity contribution is -0.0963. The topological polar surface area (TPSA) is 70.4 Å². The molecule has 2 fully saturated rings. The van der Waals surface area contributed by atoms with Crippen molar-refractivity contribution in [3.63, 3.8) is 0 Å². The molecule has 2 aliphatic heterocycles. The second kappa shape index (κ2) is 6.83. The van der Waals surface area contributed by atoms with Crippen molar-refractivity contribution in [1.29, 1.82) is 0 Å². The molecule has 1 aromatic heterocycles. The van der Waals surface area contributed by atoms with E-state index in [0.29, 0.717) is 25.8 Å². The Morgan fingerprint density at radius 1 is 1.52 bits per heavy atom. The van der Waals surface area contributed by atoms with E-state index in [1.165, 1.54) is 0 Å². The SMILES string of the molecule is COCCNCc1ncn(C2CCOC3(CCOC3)C2)n1. The van der Waals surface area contributed by atoms with Crippen LogP contribution in [0.4, 0.5) is 0 Å². The van der Waals surface area contributed by atoms with Gasteiger partial charge in [-0.2, -0.15) is 5.10 Å². The van der Waals surface area contributed by atoms with Gasteiger partial charge in [-0.05, 0) is 6.42 Å². The fraction of sp³-hybridized carbons (Fsp3) is 0.857. The van der Waals surface area contributed by atoms with E-state index in [0.717, 1.165) is 44.8 Å². The van der Waals surface area contributed by atoms with Crippen molar-refractivity contribution < 1.29 is 14.2 Å². The molecule has 0 aromatic carbocycles. The average Bonchev–Trinajstić information content (AvgIpc) is 3.14. The van der Waals surface area contributed by atoms with Gasteiger partial charge in [-0.1, -0.05) is 0 Å². The van der Waals surface area contributed by atoms with Crippen LogP contribution in [0.3, 0.4) is 0 Å². The van der Waals surface area contributed by atoms with Crippen molar-refractivity contribution in [1.82, 2.24) is 20.1 Å². The standard InChI is InChI=1S/C14H24N4O3/c1-19-7-4-15-9-13-16-11-18(17-13)12-2-5-21-14(8-12)3-6-20-10-14/h11-12,15H,2-10H2,1H3. The summed E-state index contributed by atoms with van der Waals surface area (Å²) in [6.07, 6.45) is 4.78. The number of nitrogens with zero attached hydrogens (tertiary/aromatic N) is 3. The van der Waals surface area contributed by atoms with E-state index in [1.807, 2.05) is 11.0 Å². The first kappa shape index (κ1) is 14.9. The van der Waals surface area contributed by atoms with Gasteiger partial charge < -0.3 is 19.5 Å². The van der Waals surface area contributed by atoms with Crippen LogP contribution in [0.15, 0.2) is 6.33 Å². The van der Waals surface area contributed by atoms with Crippen molar-refractivity contribution in [3.05, 3.63) is 12.2 Å². The van der Waals surface area contributed by atoms with Crippen LogP contribution in [0.1, 0.15) is 31.1 Å². The maximum Gasteiger partial charge on any atom is 0.164 e. The Kier molecular flexibility index (Phi) is 4.84. The number of hydrogen-bond donors (Lipinski definition) is 1. The van der Waals surface area contributed by atoms with Gasteiger partial charge >= 0.3 is 0 Å². The third kappa shape index (κ3) is 3.60. The van der Waals surface area contributed by atoms with E-state index in [9.17, 15) is 0 Å². The van der Waals surface area contributed by atoms with Gasteiger partial charge in [0.15, 0.2) is 5.82 Å². The molecule has 2 saturated heterocycles. The maximum atomic E-state index is 5.96. The summed E-state index contributed by atoms with van der Waals surface area (Å²) < 4.78 is 18.5. The molecule has 2 unspecified atom stereocenters. The first-order valence-corrected chi connectivity index (χ1v) is 7.63. The molecule has 21 heavy (non-hydrogen) atoms. The summed E-state index contributed by atoms with van der Waals surface area (Å²) in [6, 6.07) is 0.362. The number of nitrogens with one attached hydrogen (secondary N) is 1. The van der Waals surface area contributed by atoms with Crippen LogP contribution >= 0.6 is 0 Å². The highest BCUT2D eigenvalue weighted by Crippen LogP contribution is 2.37. The Morgan fingerprint density at radius 3 is 3.29 bits per heavy atom. The van der Waals surface area contributed by atoms with Crippen molar-refractivity contribution in [2.75, 3.05) is 40.1 Å². The number of rotatable bonds is 6. The minimum Gasteiger partial charge on any atom is -0.383 e. The zero-order chi connectivity index (χ0) is 14.5. The highest BCUT2D eigenvalue weighted by atomic mass is 16.6. The summed E-state index contributed by atoms with van der Waals surface area (Å²) in [6.45, 7) is 4.47. The summed E-state index contributed by atoms with van der Waals surface area (Å²) in [7, 11) is 1.70. The van der Waals surface area contributed by atoms with E-state index in [4.69, 9.17) is 14.2 Å². The fourth-order valence-electron chi connectivity index (χ4n) is 3.03. The number of aromatic nitrogens is 3. The van der Waals surface area contributed by atoms with E-state index in [1.54, 1.807) is 7.11 Å². The molecule has 3 heterocycles. The molecule has 7 nitrogen and oxygen atoms in total. The van der Waals surface area contributed by atoms with Crippen molar-refractivity contribution in [3.8, 4) is 0 Å². The number of hydrogen-bond acceptors (Lipinski definition) is 6. The normalized spacial score (nSPS) is 29.3. The lowest BCUT2D eigenvalue weighted by Gasteiger charge is -2.36. The molecule has 118 valence electrons. The zero-order valence-corrected chi connectivity index (χ0v) is 12.6. The van der Waals surface area contributed by atoms with Gasteiger partial charge in [-0.3, -0.25) is 0 Å². The van der Waals surface area contributed by atoms with E-state index >= 15 is 0 Å². The third-order valence-corrected chi connectivity index (χ3v) is 4.23. The van der Waals surface area contributed by atoms with Gasteiger partial charge in [0.2, 0.25) is 0 Å². The molecule has 0 saturated carbocycles. The molecule has 7 heteroatoms. The van der Waals surface area contributed by atoms with Crippen LogP contribution in [0.5, 0.6) is 0 Å². The average molecular weight is 296 g/mol. The van der Waals surface area contributed by atoms with Crippen LogP contribution in [-0.2, 0) is 20.8 Å². The van der Waals surface area contributed by atoms with Gasteiger partial charge in [-0.25, -0.2) is 9.67 Å². The van der Waals surface area contributed by atoms with Crippen molar-refractivity contribution in [2.45, 2.75) is 37.5 Å². The van der Waals surface area contributed by atoms with Crippen molar-refractivity contribution in [2.24, 2.45) is 0 Å². The molecule has 2 atom stereocenters. The molecule has 0 bridgehead atoms. The fourth-order valence-corrected chi connectivity index (χ4v) is 3.03. The predicted octanol–water partition coefficient (Wildman–Crippen LogP) is 0.525. The molecule has 0 aliphatic carbocycles. The van der Waals surface area contributed by atoms with E-state index < -0.39 is 0 Å². The monoisotopic (exact) mass is 296 g/mol. The minimum absolute atomic E-state index is 0.0915. The Balaban J connectivity index is 1.55. The summed E-state index contributed by atoms with van der Waals surface area (Å²) >= 11 is 0. The molecular weight excluding hydrogens is 272 g/mol. The molecule has 1 spiro atoms. The van der Waals surface area contributed by atoms with Crippen LogP contribution in [0.25, 0.3) is 0 Å². The first-order valence-electron chi connectivity index (χ1n) is 7.63. The quantitative estimate of drug-likeness (QED) is 0.772. The molecule has 1 aromatic rings. The van der Waals surface area contributed by atoms with E-state index in [2.05, 4.69) is 15.4 Å². The lowest BCUT2D eigenvalue weighted by Crippen LogP contribution is -2.41. The Bertz CT molecular complexity index is 445. The molecule has 3 rings (SSSR count). The smallest absolute Gasteiger partial charge is 0.164 e. The van der Waals surface area contributed by atoms with Crippen molar-refractivity contribution >= 4 is 0 Å². The first-order chi connectivity index (χ1) is 10.3. The number of methoxy groups -OCH3 is 1. The molecule has 0 amide bonds. The Morgan fingerprint density at radius 2 is 2.48 bits per heavy atom. The second-order valence-electron chi connectivity index (χ2n) is 5.79. The highest BCUT2D eigenvalue weighted by molar-refractivity contribution is 4.93. The summed E-state index contributed by atoms with van der Waals surface area (Å²) in [5.41, 5.74) is -0.0915. The Labute approximate surface area is 125 Å². The zero-order valence-electron chi connectivity index (χ0n) is 12.6. The van der Waals surface area contributed by atoms with Gasteiger partial charge in [0, 0.05) is 39.7 Å². The van der Waals surface area contributed by atoms with Gasteiger partial charge in [0.05, 0.1) is 31.4 Å². The third-order valence-electron chi connectivity index (χ3n) is 4.23. The maximum absolute atomic E-state index is 5.96.